The van der Waals surface area contributed by atoms with Crippen molar-refractivity contribution in [1.82, 2.24) is 0 Å². The number of sulfonamides is 1. The molecule has 0 saturated heterocycles. The third-order valence-electron chi connectivity index (χ3n) is 3.60. The Morgan fingerprint density at radius 1 is 1.08 bits per heavy atom. The highest BCUT2D eigenvalue weighted by Gasteiger charge is 2.18. The van der Waals surface area contributed by atoms with Crippen molar-refractivity contribution < 1.29 is 13.2 Å². The molecule has 1 heterocycles. The lowest BCUT2D eigenvalue weighted by molar-refractivity contribution is 0.102. The van der Waals surface area contributed by atoms with Crippen molar-refractivity contribution in [3.63, 3.8) is 0 Å². The van der Waals surface area contributed by atoms with Crippen LogP contribution in [0, 0.1) is 6.92 Å². The zero-order valence-corrected chi connectivity index (χ0v) is 16.1. The summed E-state index contributed by atoms with van der Waals surface area (Å²) in [4.78, 5) is 12.2. The Labute approximate surface area is 160 Å². The summed E-state index contributed by atoms with van der Waals surface area (Å²) in [7, 11) is -3.83. The van der Waals surface area contributed by atoms with Gasteiger partial charge in [-0.25, -0.2) is 8.42 Å². The van der Waals surface area contributed by atoms with E-state index >= 15 is 0 Å². The molecule has 0 atom stereocenters. The van der Waals surface area contributed by atoms with Crippen molar-refractivity contribution in [2.24, 2.45) is 0 Å². The summed E-state index contributed by atoms with van der Waals surface area (Å²) < 4.78 is 28.0. The fraction of sp³-hybridized carbons (Fsp3) is 0.0556. The largest absolute Gasteiger partial charge is 0.322 e. The number of benzene rings is 2. The number of nitrogens with one attached hydrogen (secondary N) is 2. The van der Waals surface area contributed by atoms with E-state index in [4.69, 9.17) is 11.6 Å². The van der Waals surface area contributed by atoms with Crippen LogP contribution in [0.4, 0.5) is 11.4 Å². The van der Waals surface area contributed by atoms with Crippen molar-refractivity contribution in [2.45, 2.75) is 11.8 Å². The Hall–Kier alpha value is -2.35. The molecule has 1 amide bonds. The molecule has 0 bridgehead atoms. The Morgan fingerprint density at radius 2 is 1.88 bits per heavy atom. The van der Waals surface area contributed by atoms with Crippen LogP contribution in [0.3, 0.4) is 0 Å². The second-order valence-electron chi connectivity index (χ2n) is 5.56. The maximum atomic E-state index is 12.7. The Kier molecular flexibility index (Phi) is 5.31. The highest BCUT2D eigenvalue weighted by atomic mass is 35.5. The van der Waals surface area contributed by atoms with E-state index in [1.807, 2.05) is 0 Å². The number of anilines is 2. The summed E-state index contributed by atoms with van der Waals surface area (Å²) in [5.74, 6) is -0.291. The smallest absolute Gasteiger partial charge is 0.262 e. The van der Waals surface area contributed by atoms with Crippen LogP contribution < -0.4 is 10.0 Å². The molecule has 8 heteroatoms. The Balaban J connectivity index is 1.88. The number of aryl methyl sites for hydroxylation is 1. The Morgan fingerprint density at radius 3 is 2.58 bits per heavy atom. The third-order valence-corrected chi connectivity index (χ3v) is 6.04. The number of hydrogen-bond acceptors (Lipinski definition) is 4. The molecule has 0 radical (unpaired) electrons. The summed E-state index contributed by atoms with van der Waals surface area (Å²) in [6.07, 6.45) is 0. The van der Waals surface area contributed by atoms with Crippen molar-refractivity contribution >= 4 is 50.2 Å². The number of carbonyl (C=O) groups is 1. The van der Waals surface area contributed by atoms with Crippen LogP contribution in [0.2, 0.25) is 5.02 Å². The first-order valence-electron chi connectivity index (χ1n) is 7.58. The highest BCUT2D eigenvalue weighted by molar-refractivity contribution is 7.92. The molecule has 0 aliphatic heterocycles. The van der Waals surface area contributed by atoms with Gasteiger partial charge in [-0.1, -0.05) is 23.7 Å². The molecule has 0 aliphatic carbocycles. The molecular formula is C18H15ClN2O3S2. The van der Waals surface area contributed by atoms with E-state index in [0.717, 1.165) is 0 Å². The molecule has 134 valence electrons. The maximum Gasteiger partial charge on any atom is 0.262 e. The lowest BCUT2D eigenvalue weighted by Gasteiger charge is -2.13. The molecule has 2 aromatic carbocycles. The van der Waals surface area contributed by atoms with Gasteiger partial charge in [-0.15, -0.1) is 0 Å². The minimum atomic E-state index is -3.83. The summed E-state index contributed by atoms with van der Waals surface area (Å²) in [5.41, 5.74) is 1.85. The van der Waals surface area contributed by atoms with Gasteiger partial charge in [0.15, 0.2) is 0 Å². The number of carbonyl (C=O) groups excluding carboxylic acids is 1. The van der Waals surface area contributed by atoms with Crippen LogP contribution in [0.25, 0.3) is 0 Å². The van der Waals surface area contributed by atoms with Crippen molar-refractivity contribution in [3.8, 4) is 0 Å². The summed E-state index contributed by atoms with van der Waals surface area (Å²) in [6, 6.07) is 12.9. The first kappa shape index (κ1) is 18.4. The molecule has 0 aliphatic rings. The quantitative estimate of drug-likeness (QED) is 0.641. The number of thiophene rings is 1. The van der Waals surface area contributed by atoms with E-state index < -0.39 is 10.0 Å². The van der Waals surface area contributed by atoms with Crippen molar-refractivity contribution in [1.29, 1.82) is 0 Å². The summed E-state index contributed by atoms with van der Waals surface area (Å²) in [5, 5.41) is 6.67. The summed E-state index contributed by atoms with van der Waals surface area (Å²) in [6.45, 7) is 1.69. The van der Waals surface area contributed by atoms with Crippen molar-refractivity contribution in [2.75, 3.05) is 10.0 Å². The van der Waals surface area contributed by atoms with Gasteiger partial charge in [0, 0.05) is 16.1 Å². The van der Waals surface area contributed by atoms with Crippen LogP contribution >= 0.6 is 22.9 Å². The fourth-order valence-corrected chi connectivity index (χ4v) is 4.47. The second kappa shape index (κ2) is 7.49. The molecule has 0 saturated carbocycles. The van der Waals surface area contributed by atoms with Gasteiger partial charge in [-0.3, -0.25) is 9.52 Å². The van der Waals surface area contributed by atoms with Gasteiger partial charge in [0.25, 0.3) is 15.9 Å². The second-order valence-corrected chi connectivity index (χ2v) is 8.43. The van der Waals surface area contributed by atoms with Crippen LogP contribution in [0.1, 0.15) is 15.9 Å². The van der Waals surface area contributed by atoms with Gasteiger partial charge in [0.1, 0.15) is 0 Å². The lowest BCUT2D eigenvalue weighted by Crippen LogP contribution is -2.16. The molecule has 0 spiro atoms. The SMILES string of the molecule is Cc1ccc(NC(=O)c2ccsc2)cc1S(=O)(=O)Nc1cccc(Cl)c1. The number of rotatable bonds is 5. The van der Waals surface area contributed by atoms with E-state index in [1.54, 1.807) is 54.1 Å². The Bertz CT molecular complexity index is 1050. The standard InChI is InChI=1S/C18H15ClN2O3S2/c1-12-5-6-15(20-18(22)13-7-8-25-11-13)10-17(12)26(23,24)21-16-4-2-3-14(19)9-16/h2-11,21H,1H3,(H,20,22). The van der Waals surface area contributed by atoms with E-state index in [9.17, 15) is 13.2 Å². The topological polar surface area (TPSA) is 75.3 Å². The molecule has 0 fully saturated rings. The zero-order chi connectivity index (χ0) is 18.7. The van der Waals surface area contributed by atoms with Gasteiger partial charge in [-0.2, -0.15) is 11.3 Å². The number of halogens is 1. The summed E-state index contributed by atoms with van der Waals surface area (Å²) >= 11 is 7.31. The fourth-order valence-electron chi connectivity index (χ4n) is 2.33. The minimum Gasteiger partial charge on any atom is -0.322 e. The first-order valence-corrected chi connectivity index (χ1v) is 10.4. The maximum absolute atomic E-state index is 12.7. The van der Waals surface area contributed by atoms with E-state index in [-0.39, 0.29) is 10.8 Å². The van der Waals surface area contributed by atoms with E-state index in [2.05, 4.69) is 10.0 Å². The lowest BCUT2D eigenvalue weighted by atomic mass is 10.2. The molecule has 3 rings (SSSR count). The molecule has 2 N–H and O–H groups in total. The van der Waals surface area contributed by atoms with Crippen LogP contribution in [0.5, 0.6) is 0 Å². The van der Waals surface area contributed by atoms with Crippen LogP contribution in [-0.2, 0) is 10.0 Å². The van der Waals surface area contributed by atoms with E-state index in [1.165, 1.54) is 23.5 Å². The monoisotopic (exact) mass is 406 g/mol. The normalized spacial score (nSPS) is 11.2. The van der Waals surface area contributed by atoms with Crippen LogP contribution in [0.15, 0.2) is 64.2 Å². The molecule has 26 heavy (non-hydrogen) atoms. The average molecular weight is 407 g/mol. The highest BCUT2D eigenvalue weighted by Crippen LogP contribution is 2.24. The van der Waals surface area contributed by atoms with Gasteiger partial charge >= 0.3 is 0 Å². The van der Waals surface area contributed by atoms with Crippen molar-refractivity contribution in [3.05, 3.63) is 75.4 Å². The molecule has 0 unspecified atom stereocenters. The minimum absolute atomic E-state index is 0.0839. The third kappa shape index (κ3) is 4.24. The average Bonchev–Trinajstić information content (AvgIpc) is 3.10. The molecule has 3 aromatic rings. The van der Waals surface area contributed by atoms with E-state index in [0.29, 0.717) is 27.5 Å². The first-order chi connectivity index (χ1) is 12.3. The predicted molar refractivity (Wildman–Crippen MR) is 106 cm³/mol. The van der Waals surface area contributed by atoms with Crippen LogP contribution in [-0.4, -0.2) is 14.3 Å². The number of amides is 1. The number of hydrogen-bond donors (Lipinski definition) is 2. The van der Waals surface area contributed by atoms with Gasteiger partial charge in [0.2, 0.25) is 0 Å². The van der Waals surface area contributed by atoms with Gasteiger partial charge in [0.05, 0.1) is 16.1 Å². The molecule has 1 aromatic heterocycles. The zero-order valence-electron chi connectivity index (χ0n) is 13.7. The molecular weight excluding hydrogens is 392 g/mol. The van der Waals surface area contributed by atoms with Gasteiger partial charge in [-0.05, 0) is 54.3 Å². The predicted octanol–water partition coefficient (Wildman–Crippen LogP) is 4.76. The van der Waals surface area contributed by atoms with Gasteiger partial charge < -0.3 is 5.32 Å². The molecule has 5 nitrogen and oxygen atoms in total.